The van der Waals surface area contributed by atoms with E-state index in [0.717, 1.165) is 20.6 Å². The number of rotatable bonds is 6. The van der Waals surface area contributed by atoms with Gasteiger partial charge in [0.1, 0.15) is 0 Å². The fourth-order valence-electron chi connectivity index (χ4n) is 2.55. The SMILES string of the molecule is C/C(=N/NC(=O)CSCc1ccc2ccccc2c1)c1cccc(I)c1. The second kappa shape index (κ2) is 9.19. The van der Waals surface area contributed by atoms with Gasteiger partial charge in [-0.15, -0.1) is 11.8 Å². The van der Waals surface area contributed by atoms with Gasteiger partial charge in [-0.3, -0.25) is 4.79 Å². The van der Waals surface area contributed by atoms with E-state index in [2.05, 4.69) is 63.4 Å². The lowest BCUT2D eigenvalue weighted by Crippen LogP contribution is -2.21. The molecule has 3 rings (SSSR count). The van der Waals surface area contributed by atoms with E-state index in [1.165, 1.54) is 16.3 Å². The van der Waals surface area contributed by atoms with E-state index in [1.54, 1.807) is 11.8 Å². The summed E-state index contributed by atoms with van der Waals surface area (Å²) in [7, 11) is 0. The molecule has 132 valence electrons. The molecule has 0 saturated heterocycles. The summed E-state index contributed by atoms with van der Waals surface area (Å²) in [6, 6.07) is 22.8. The van der Waals surface area contributed by atoms with Crippen molar-refractivity contribution in [3.63, 3.8) is 0 Å². The lowest BCUT2D eigenvalue weighted by molar-refractivity contribution is -0.118. The molecule has 0 fully saturated rings. The number of hydrogen-bond acceptors (Lipinski definition) is 3. The number of benzene rings is 3. The van der Waals surface area contributed by atoms with Gasteiger partial charge in [-0.25, -0.2) is 5.43 Å². The topological polar surface area (TPSA) is 41.5 Å². The smallest absolute Gasteiger partial charge is 0.250 e. The van der Waals surface area contributed by atoms with Crippen molar-refractivity contribution in [1.29, 1.82) is 0 Å². The fourth-order valence-corrected chi connectivity index (χ4v) is 3.86. The number of hydrazone groups is 1. The summed E-state index contributed by atoms with van der Waals surface area (Å²) < 4.78 is 1.15. The summed E-state index contributed by atoms with van der Waals surface area (Å²) in [6.07, 6.45) is 0. The molecular formula is C21H19IN2OS. The second-order valence-corrected chi connectivity index (χ2v) is 8.15. The fraction of sp³-hybridized carbons (Fsp3) is 0.143. The van der Waals surface area contributed by atoms with Gasteiger partial charge in [0, 0.05) is 9.32 Å². The van der Waals surface area contributed by atoms with Crippen molar-refractivity contribution in [2.45, 2.75) is 12.7 Å². The first kappa shape index (κ1) is 18.9. The van der Waals surface area contributed by atoms with Crippen molar-refractivity contribution in [3.8, 4) is 0 Å². The normalized spacial score (nSPS) is 11.5. The van der Waals surface area contributed by atoms with Crippen LogP contribution in [0.2, 0.25) is 0 Å². The molecule has 0 unspecified atom stereocenters. The van der Waals surface area contributed by atoms with E-state index in [4.69, 9.17) is 0 Å². The van der Waals surface area contributed by atoms with Crippen molar-refractivity contribution >= 4 is 56.7 Å². The van der Waals surface area contributed by atoms with Gasteiger partial charge in [0.25, 0.3) is 0 Å². The van der Waals surface area contributed by atoms with Gasteiger partial charge < -0.3 is 0 Å². The van der Waals surface area contributed by atoms with Gasteiger partial charge in [0.2, 0.25) is 5.91 Å². The molecule has 5 heteroatoms. The highest BCUT2D eigenvalue weighted by Gasteiger charge is 2.03. The van der Waals surface area contributed by atoms with Crippen molar-refractivity contribution in [2.75, 3.05) is 5.75 Å². The molecule has 0 aliphatic carbocycles. The monoisotopic (exact) mass is 474 g/mol. The Morgan fingerprint density at radius 1 is 1.04 bits per heavy atom. The van der Waals surface area contributed by atoms with Crippen molar-refractivity contribution in [3.05, 3.63) is 81.4 Å². The zero-order chi connectivity index (χ0) is 18.4. The largest absolute Gasteiger partial charge is 0.272 e. The first-order chi connectivity index (χ1) is 12.6. The van der Waals surface area contributed by atoms with Gasteiger partial charge in [0.05, 0.1) is 11.5 Å². The summed E-state index contributed by atoms with van der Waals surface area (Å²) in [5.41, 5.74) is 5.68. The Morgan fingerprint density at radius 3 is 2.65 bits per heavy atom. The molecule has 3 aromatic carbocycles. The van der Waals surface area contributed by atoms with Crippen LogP contribution in [0.25, 0.3) is 10.8 Å². The molecule has 0 atom stereocenters. The minimum atomic E-state index is -0.0826. The minimum absolute atomic E-state index is 0.0826. The van der Waals surface area contributed by atoms with Crippen LogP contribution in [-0.4, -0.2) is 17.4 Å². The zero-order valence-electron chi connectivity index (χ0n) is 14.4. The number of fused-ring (bicyclic) bond motifs is 1. The highest BCUT2D eigenvalue weighted by Crippen LogP contribution is 2.19. The Morgan fingerprint density at radius 2 is 1.85 bits per heavy atom. The van der Waals surface area contributed by atoms with Crippen LogP contribution in [0.5, 0.6) is 0 Å². The molecular weight excluding hydrogens is 455 g/mol. The summed E-state index contributed by atoms with van der Waals surface area (Å²) in [6.45, 7) is 1.90. The van der Waals surface area contributed by atoms with Crippen LogP contribution in [0.3, 0.4) is 0 Å². The molecule has 3 nitrogen and oxygen atoms in total. The van der Waals surface area contributed by atoms with Crippen LogP contribution in [0.15, 0.2) is 71.8 Å². The third-order valence-electron chi connectivity index (χ3n) is 3.91. The van der Waals surface area contributed by atoms with E-state index in [1.807, 2.05) is 43.3 Å². The highest BCUT2D eigenvalue weighted by molar-refractivity contribution is 14.1. The Balaban J connectivity index is 1.49. The highest BCUT2D eigenvalue weighted by atomic mass is 127. The van der Waals surface area contributed by atoms with Crippen LogP contribution in [0.4, 0.5) is 0 Å². The zero-order valence-corrected chi connectivity index (χ0v) is 17.4. The number of halogens is 1. The number of thioether (sulfide) groups is 1. The first-order valence-electron chi connectivity index (χ1n) is 8.26. The van der Waals surface area contributed by atoms with Gasteiger partial charge in [-0.1, -0.05) is 54.6 Å². The molecule has 0 saturated carbocycles. The van der Waals surface area contributed by atoms with Gasteiger partial charge in [0.15, 0.2) is 0 Å². The third-order valence-corrected chi connectivity index (χ3v) is 5.58. The molecule has 0 aromatic heterocycles. The Labute approximate surface area is 171 Å². The van der Waals surface area contributed by atoms with Gasteiger partial charge in [-0.2, -0.15) is 5.10 Å². The van der Waals surface area contributed by atoms with Crippen LogP contribution >= 0.6 is 34.4 Å². The van der Waals surface area contributed by atoms with E-state index < -0.39 is 0 Å². The maximum absolute atomic E-state index is 12.0. The molecule has 0 heterocycles. The molecule has 0 aliphatic rings. The predicted octanol–water partition coefficient (Wildman–Crippen LogP) is 5.22. The average molecular weight is 474 g/mol. The van der Waals surface area contributed by atoms with Crippen molar-refractivity contribution in [2.24, 2.45) is 5.10 Å². The number of amides is 1. The summed E-state index contributed by atoms with van der Waals surface area (Å²) in [4.78, 5) is 12.0. The predicted molar refractivity (Wildman–Crippen MR) is 120 cm³/mol. The number of hydrogen-bond donors (Lipinski definition) is 1. The summed E-state index contributed by atoms with van der Waals surface area (Å²) in [5.74, 6) is 1.11. The van der Waals surface area contributed by atoms with Crippen LogP contribution in [-0.2, 0) is 10.5 Å². The number of nitrogens with one attached hydrogen (secondary N) is 1. The molecule has 0 aliphatic heterocycles. The molecule has 1 N–H and O–H groups in total. The lowest BCUT2D eigenvalue weighted by atomic mass is 10.1. The summed E-state index contributed by atoms with van der Waals surface area (Å²) in [5, 5.41) is 6.67. The molecule has 0 radical (unpaired) electrons. The van der Waals surface area contributed by atoms with Gasteiger partial charge in [-0.05, 0) is 63.5 Å². The van der Waals surface area contributed by atoms with E-state index in [-0.39, 0.29) is 5.91 Å². The van der Waals surface area contributed by atoms with Gasteiger partial charge >= 0.3 is 0 Å². The van der Waals surface area contributed by atoms with Crippen molar-refractivity contribution < 1.29 is 4.79 Å². The minimum Gasteiger partial charge on any atom is -0.272 e. The molecule has 26 heavy (non-hydrogen) atoms. The molecule has 0 spiro atoms. The Hall–Kier alpha value is -1.86. The van der Waals surface area contributed by atoms with Crippen LogP contribution in [0.1, 0.15) is 18.1 Å². The first-order valence-corrected chi connectivity index (χ1v) is 10.5. The Bertz CT molecular complexity index is 955. The summed E-state index contributed by atoms with van der Waals surface area (Å²) >= 11 is 3.85. The van der Waals surface area contributed by atoms with Crippen molar-refractivity contribution in [1.82, 2.24) is 5.43 Å². The number of nitrogens with zero attached hydrogens (tertiary/aromatic N) is 1. The second-order valence-electron chi connectivity index (χ2n) is 5.92. The number of carbonyl (C=O) groups is 1. The lowest BCUT2D eigenvalue weighted by Gasteiger charge is -2.05. The average Bonchev–Trinajstić information content (AvgIpc) is 2.66. The molecule has 3 aromatic rings. The standard InChI is InChI=1S/C21H19IN2OS/c1-15(18-7-4-8-20(22)12-18)23-24-21(25)14-26-13-16-9-10-17-5-2-3-6-19(17)11-16/h2-12H,13-14H2,1H3,(H,24,25)/b23-15-. The maximum Gasteiger partial charge on any atom is 0.250 e. The van der Waals surface area contributed by atoms with E-state index >= 15 is 0 Å². The number of carbonyl (C=O) groups excluding carboxylic acids is 1. The van der Waals surface area contributed by atoms with Crippen LogP contribution in [0, 0.1) is 3.57 Å². The third kappa shape index (κ3) is 5.32. The Kier molecular flexibility index (Phi) is 6.68. The molecule has 1 amide bonds. The van der Waals surface area contributed by atoms with E-state index in [9.17, 15) is 4.79 Å². The maximum atomic E-state index is 12.0. The van der Waals surface area contributed by atoms with Crippen LogP contribution < -0.4 is 5.43 Å². The molecule has 0 bridgehead atoms. The quantitative estimate of drug-likeness (QED) is 0.303. The van der Waals surface area contributed by atoms with E-state index in [0.29, 0.717) is 5.75 Å².